The van der Waals surface area contributed by atoms with Gasteiger partial charge in [0.05, 0.1) is 20.3 Å². The van der Waals surface area contributed by atoms with Gasteiger partial charge >= 0.3 is 33.0 Å². The summed E-state index contributed by atoms with van der Waals surface area (Å²) in [6, 6.07) is 0. The molecule has 0 unspecified atom stereocenters. The Kier molecular flexibility index (Phi) is 60.2. The van der Waals surface area contributed by atoms with Crippen molar-refractivity contribution in [3.05, 3.63) is 131 Å². The largest absolute Gasteiger partial charge is 2.00 e. The Morgan fingerprint density at radius 2 is 0.305 bits per heavy atom. The van der Waals surface area contributed by atoms with Crippen LogP contribution < -0.4 is 35.1 Å². The van der Waals surface area contributed by atoms with Crippen LogP contribution in [0.4, 0.5) is 0 Å². The first-order valence-corrected chi connectivity index (χ1v) is 19.2. The van der Waals surface area contributed by atoms with Crippen LogP contribution in [0.15, 0.2) is 0 Å². The fourth-order valence-corrected chi connectivity index (χ4v) is 3.46. The van der Waals surface area contributed by atoms with Gasteiger partial charge in [0.15, 0.2) is 69.9 Å². The second-order valence-corrected chi connectivity index (χ2v) is 11.2. The molecule has 6 aromatic heterocycles. The summed E-state index contributed by atoms with van der Waals surface area (Å²) in [7, 11) is 2.00. The fraction of sp³-hybridized carbons (Fsp3) is 0.538. The van der Waals surface area contributed by atoms with Crippen molar-refractivity contribution in [3.63, 3.8) is 0 Å². The second-order valence-electron chi connectivity index (χ2n) is 11.2. The first-order valence-electron chi connectivity index (χ1n) is 19.2. The Bertz CT molecular complexity index is 1960. The minimum Gasteiger partial charge on any atom is -0.400 e. The molecule has 0 fully saturated rings. The zero-order valence-corrected chi connectivity index (χ0v) is 43.6. The maximum Gasteiger partial charge on any atom is 2.00 e. The average molecular weight is 1290 g/mol. The van der Waals surface area contributed by atoms with Gasteiger partial charge in [-0.05, 0) is 0 Å². The van der Waals surface area contributed by atoms with Gasteiger partial charge in [-0.25, -0.2) is 28.1 Å². The first kappa shape index (κ1) is 89.4. The monoisotopic (exact) mass is 1290 g/mol. The van der Waals surface area contributed by atoms with E-state index in [1.54, 1.807) is 0 Å². The summed E-state index contributed by atoms with van der Waals surface area (Å²) in [5.74, 6) is 34.7. The van der Waals surface area contributed by atoms with Crippen LogP contribution in [0.2, 0.25) is 0 Å². The van der Waals surface area contributed by atoms with Crippen LogP contribution in [0.3, 0.4) is 0 Å². The van der Waals surface area contributed by atoms with E-state index in [0.29, 0.717) is 0 Å². The second kappa shape index (κ2) is 55.2. The van der Waals surface area contributed by atoms with Gasteiger partial charge in [0.1, 0.15) is 79.3 Å². The van der Waals surface area contributed by atoms with Crippen molar-refractivity contribution in [3.8, 4) is 0 Å². The van der Waals surface area contributed by atoms with Crippen LogP contribution in [0.5, 0.6) is 0 Å². The normalized spacial score (nSPS) is 8.78. The number of nitrogens with two attached hydrogens (primary N) is 6. The van der Waals surface area contributed by atoms with Gasteiger partial charge in [0.2, 0.25) is 0 Å². The number of aliphatic hydroxyl groups excluding tert-OH is 14. The summed E-state index contributed by atoms with van der Waals surface area (Å²) in [4.78, 5) is 33.0. The van der Waals surface area contributed by atoms with Crippen molar-refractivity contribution in [2.75, 3.05) is 49.3 Å². The van der Waals surface area contributed by atoms with Crippen LogP contribution >= 0.6 is 0 Å². The number of aromatic nitrogens is 18. The molecule has 0 amide bonds. The van der Waals surface area contributed by atoms with E-state index in [-0.39, 0.29) is 182 Å². The molecule has 56 heteroatoms. The minimum absolute atomic E-state index is 0. The Morgan fingerprint density at radius 3 is 0.329 bits per heavy atom. The van der Waals surface area contributed by atoms with Gasteiger partial charge in [-0.1, -0.05) is 0 Å². The fourth-order valence-electron chi connectivity index (χ4n) is 3.46. The molecule has 0 radical (unpaired) electrons. The van der Waals surface area contributed by atoms with E-state index in [2.05, 4.69) is 61.2 Å². The van der Waals surface area contributed by atoms with Gasteiger partial charge in [-0.15, -0.1) is 61.2 Å². The summed E-state index contributed by atoms with van der Waals surface area (Å²) < 4.78 is 6.33. The van der Waals surface area contributed by atoms with Gasteiger partial charge in [-0.2, -0.15) is 0 Å². The average Bonchev–Trinajstić information content (AvgIpc) is 4.30. The van der Waals surface area contributed by atoms with E-state index in [1.165, 1.54) is 0 Å². The van der Waals surface area contributed by atoms with Crippen molar-refractivity contribution in [2.24, 2.45) is 0 Å². The molecular weight excluding hydrogens is 1240 g/mol. The molecule has 476 valence electrons. The Balaban J connectivity index is -0.000000125. The molecule has 0 spiro atoms. The Hall–Kier alpha value is -9.13. The van der Waals surface area contributed by atoms with Crippen molar-refractivity contribution in [1.29, 1.82) is 0 Å². The van der Waals surface area contributed by atoms with E-state index in [9.17, 15) is 0 Å². The predicted octanol–water partition coefficient (Wildman–Crippen LogP) is -13.9. The molecule has 0 aliphatic rings. The van der Waals surface area contributed by atoms with E-state index in [4.69, 9.17) is 168 Å². The molecule has 0 atom stereocenters. The quantitative estimate of drug-likeness (QED) is 0.0234. The van der Waals surface area contributed by atoms with E-state index >= 15 is 0 Å². The van der Waals surface area contributed by atoms with Gasteiger partial charge < -0.3 is 168 Å². The molecule has 26 N–H and O–H groups in total. The molecule has 0 saturated heterocycles. The molecule has 6 rings (SSSR count). The Morgan fingerprint density at radius 1 is 0.256 bits per heavy atom. The number of nitrogens with zero attached hydrogens (tertiary/aromatic N) is 22. The summed E-state index contributed by atoms with van der Waals surface area (Å²) in [6.07, 6.45) is 0. The van der Waals surface area contributed by atoms with Crippen LogP contribution in [-0.4, -0.2) is 195 Å². The third kappa shape index (κ3) is 40.1. The molecule has 0 saturated carbocycles. The van der Waals surface area contributed by atoms with E-state index in [0.717, 1.165) is 42.3 Å². The minimum atomic E-state index is -1.75. The number of aliphatic hydroxyl groups is 14. The molecular formula is C26H56N28Ni2O26. The molecule has 6 aromatic rings. The van der Waals surface area contributed by atoms with Crippen molar-refractivity contribution in [1.82, 2.24) is 89.2 Å². The molecule has 6 heterocycles. The Labute approximate surface area is 473 Å². The third-order valence-corrected chi connectivity index (χ3v) is 6.72. The van der Waals surface area contributed by atoms with Crippen molar-refractivity contribution in [2.45, 2.75) is 79.3 Å². The summed E-state index contributed by atoms with van der Waals surface area (Å²) >= 11 is 0. The van der Waals surface area contributed by atoms with Crippen LogP contribution in [0.1, 0.15) is 69.9 Å². The molecule has 0 aliphatic heterocycles. The molecule has 0 aliphatic carbocycles. The molecule has 0 aromatic carbocycles. The number of rotatable bonds is 12. The standard InChI is InChI=1S/6C4H8N4O2.2CH4O.4NO3.2Ni/c6*5-8-3(1-9)6-7-4(8)2-10;2*1-2;4*2-1(3)4;;/h6*9-10H,1-2,5H2;2*2H,1H3;;;;;;/q;;;;;;;;4*-1;2*+2. The number of hydrogen-bond acceptors (Lipinski definition) is 44. The maximum atomic E-state index is 8.54. The summed E-state index contributed by atoms with van der Waals surface area (Å²) in [6.45, 7) is -3.29. The van der Waals surface area contributed by atoms with Gasteiger partial charge in [-0.3, -0.25) is 0 Å². The summed E-state index contributed by atoms with van der Waals surface area (Å²) in [5, 5.41) is 217. The van der Waals surface area contributed by atoms with Crippen molar-refractivity contribution >= 4 is 0 Å². The topological polar surface area (TPSA) is 888 Å². The SMILES string of the molecule is CO.CO.Nn1c(CO)nnc1CO.Nn1c(CO)nnc1CO.Nn1c(CO)nnc1CO.Nn1c(CO)nnc1CO.Nn1c(CO)nnc1CO.Nn1c(CO)nnc1CO.O=[N+]([O-])[O-].O=[N+]([O-])[O-].O=[N+]([O-])[O-].O=[N+]([O-])[O-].[Ni+2].[Ni+2]. The van der Waals surface area contributed by atoms with Gasteiger partial charge in [0, 0.05) is 14.2 Å². The van der Waals surface area contributed by atoms with E-state index in [1.807, 2.05) is 0 Å². The zero-order valence-electron chi connectivity index (χ0n) is 41.6. The first-order chi connectivity index (χ1) is 37.7. The van der Waals surface area contributed by atoms with Crippen LogP contribution in [-0.2, 0) is 112 Å². The molecule has 82 heavy (non-hydrogen) atoms. The molecule has 0 bridgehead atoms. The van der Waals surface area contributed by atoms with E-state index < -0.39 is 20.3 Å². The van der Waals surface area contributed by atoms with Crippen LogP contribution in [0.25, 0.3) is 0 Å². The summed E-state index contributed by atoms with van der Waals surface area (Å²) in [5.41, 5.74) is 0. The van der Waals surface area contributed by atoms with Gasteiger partial charge in [0.25, 0.3) is 0 Å². The van der Waals surface area contributed by atoms with Crippen molar-refractivity contribution < 1.29 is 125 Å². The number of hydrogen-bond donors (Lipinski definition) is 20. The third-order valence-electron chi connectivity index (χ3n) is 6.72. The molecule has 54 nitrogen and oxygen atoms in total. The number of nitrogen functional groups attached to an aromatic ring is 6. The predicted molar refractivity (Wildman–Crippen MR) is 250 cm³/mol. The smallest absolute Gasteiger partial charge is 0.400 e. The zero-order chi connectivity index (χ0) is 63.7. The van der Waals surface area contributed by atoms with Crippen LogP contribution in [0, 0.1) is 61.3 Å². The maximum absolute atomic E-state index is 8.54.